The van der Waals surface area contributed by atoms with Gasteiger partial charge in [-0.05, 0) is 64.7 Å². The third-order valence-corrected chi connectivity index (χ3v) is 8.48. The van der Waals surface area contributed by atoms with Crippen molar-refractivity contribution < 1.29 is 24.1 Å². The van der Waals surface area contributed by atoms with Crippen LogP contribution in [-0.2, 0) is 29.0 Å². The summed E-state index contributed by atoms with van der Waals surface area (Å²) in [5.41, 5.74) is 17.5. The number of hydrogen-bond acceptors (Lipinski definition) is 8. The summed E-state index contributed by atoms with van der Waals surface area (Å²) in [7, 11) is 1.61. The van der Waals surface area contributed by atoms with E-state index in [4.69, 9.17) is 29.8 Å². The maximum atomic E-state index is 14.5. The minimum atomic E-state index is -1.48. The summed E-state index contributed by atoms with van der Waals surface area (Å²) in [6, 6.07) is 29.9. The molecule has 0 aromatic heterocycles. The Morgan fingerprint density at radius 3 is 2.43 bits per heavy atom. The van der Waals surface area contributed by atoms with Gasteiger partial charge < -0.3 is 19.3 Å². The molecule has 1 amide bonds. The highest BCUT2D eigenvalue weighted by atomic mass is 79.9. The topological polar surface area (TPSA) is 150 Å². The number of aliphatic hydroxyl groups excluding tert-OH is 1. The monoisotopic (exact) mass is 698 g/mol. The van der Waals surface area contributed by atoms with Crippen LogP contribution in [-0.4, -0.2) is 42.8 Å². The standard InChI is InChI=1S/C35H35BrN6O5/c1-45-28-15-11-24(12-16-28)22-38-41-34(44)35(21-26-7-2-3-8-27(26)23-39-42-37)32(30-9-4-5-10-31(30)36)47-33(40-35)25-13-17-29(18-14-25)46-20-6-19-43/h2-5,7-18,32,38,43H,6,19-23H2,1H3,(H,41,44)/t32-,35-/m0/s1. The highest BCUT2D eigenvalue weighted by Gasteiger charge is 2.54. The first kappa shape index (κ1) is 33.5. The van der Waals surface area contributed by atoms with Gasteiger partial charge in [0.25, 0.3) is 5.91 Å². The molecule has 0 aliphatic carbocycles. The van der Waals surface area contributed by atoms with Crippen molar-refractivity contribution in [1.82, 2.24) is 10.9 Å². The molecule has 12 heteroatoms. The van der Waals surface area contributed by atoms with Gasteiger partial charge in [-0.3, -0.25) is 10.2 Å². The number of benzene rings is 4. The number of azide groups is 1. The van der Waals surface area contributed by atoms with E-state index in [1.807, 2.05) is 84.9 Å². The van der Waals surface area contributed by atoms with E-state index < -0.39 is 17.6 Å². The zero-order chi connectivity index (χ0) is 33.1. The van der Waals surface area contributed by atoms with Gasteiger partial charge in [0, 0.05) is 46.5 Å². The van der Waals surface area contributed by atoms with Crippen LogP contribution >= 0.6 is 15.9 Å². The first-order chi connectivity index (χ1) is 23.0. The number of amides is 1. The number of ether oxygens (including phenoxy) is 3. The summed E-state index contributed by atoms with van der Waals surface area (Å²) in [4.78, 5) is 22.6. The number of aliphatic hydroxyl groups is 1. The van der Waals surface area contributed by atoms with Crippen LogP contribution < -0.4 is 20.3 Å². The lowest BCUT2D eigenvalue weighted by molar-refractivity contribution is -0.130. The van der Waals surface area contributed by atoms with Crippen molar-refractivity contribution in [2.75, 3.05) is 20.3 Å². The molecule has 0 saturated heterocycles. The number of rotatable bonds is 15. The highest BCUT2D eigenvalue weighted by molar-refractivity contribution is 9.10. The van der Waals surface area contributed by atoms with Gasteiger partial charge in [-0.1, -0.05) is 75.6 Å². The van der Waals surface area contributed by atoms with Gasteiger partial charge >= 0.3 is 0 Å². The van der Waals surface area contributed by atoms with E-state index in [9.17, 15) is 4.79 Å². The van der Waals surface area contributed by atoms with Crippen LogP contribution in [0.2, 0.25) is 0 Å². The van der Waals surface area contributed by atoms with Crippen LogP contribution in [0.4, 0.5) is 0 Å². The van der Waals surface area contributed by atoms with Crippen molar-refractivity contribution in [3.05, 3.63) is 140 Å². The van der Waals surface area contributed by atoms with Crippen LogP contribution in [0.5, 0.6) is 11.5 Å². The van der Waals surface area contributed by atoms with E-state index in [0.717, 1.165) is 32.5 Å². The van der Waals surface area contributed by atoms with Gasteiger partial charge in [-0.15, -0.1) is 0 Å². The number of carbonyl (C=O) groups is 1. The molecule has 0 spiro atoms. The Bertz CT molecular complexity index is 1740. The molecule has 1 aliphatic heterocycles. The maximum absolute atomic E-state index is 14.5. The molecule has 11 nitrogen and oxygen atoms in total. The first-order valence-electron chi connectivity index (χ1n) is 15.1. The second-order valence-corrected chi connectivity index (χ2v) is 11.7. The lowest BCUT2D eigenvalue weighted by Gasteiger charge is -2.32. The lowest BCUT2D eigenvalue weighted by Crippen LogP contribution is -2.53. The SMILES string of the molecule is COc1ccc(CNNC(=O)[C@@]2(Cc3ccccc3CN=[N+]=[N-])N=C(c3ccc(OCCCO)cc3)O[C@H]2c2ccccc2Br)cc1. The predicted molar refractivity (Wildman–Crippen MR) is 182 cm³/mol. The molecule has 0 bridgehead atoms. The molecule has 4 aromatic carbocycles. The van der Waals surface area contributed by atoms with E-state index in [2.05, 4.69) is 36.8 Å². The third kappa shape index (κ3) is 8.11. The van der Waals surface area contributed by atoms with Gasteiger partial charge in [0.2, 0.25) is 5.90 Å². The molecule has 3 N–H and O–H groups in total. The summed E-state index contributed by atoms with van der Waals surface area (Å²) >= 11 is 3.67. The Hall–Kier alpha value is -4.87. The average molecular weight is 700 g/mol. The van der Waals surface area contributed by atoms with Gasteiger partial charge in [-0.25, -0.2) is 10.4 Å². The van der Waals surface area contributed by atoms with Crippen LogP contribution in [0, 0.1) is 0 Å². The Balaban J connectivity index is 1.55. The summed E-state index contributed by atoms with van der Waals surface area (Å²) in [6.07, 6.45) is -0.155. The molecule has 5 rings (SSSR count). The van der Waals surface area contributed by atoms with Crippen LogP contribution in [0.25, 0.3) is 10.4 Å². The number of methoxy groups -OCH3 is 1. The maximum Gasteiger partial charge on any atom is 0.266 e. The Morgan fingerprint density at radius 2 is 1.72 bits per heavy atom. The van der Waals surface area contributed by atoms with Crippen molar-refractivity contribution in [3.8, 4) is 11.5 Å². The molecule has 1 aliphatic rings. The normalized spacial score (nSPS) is 16.8. The first-order valence-corrected chi connectivity index (χ1v) is 15.9. The summed E-state index contributed by atoms with van der Waals surface area (Å²) in [5, 5.41) is 12.9. The van der Waals surface area contributed by atoms with Crippen molar-refractivity contribution >= 4 is 27.7 Å². The number of carbonyl (C=O) groups excluding carboxylic acids is 1. The van der Waals surface area contributed by atoms with E-state index in [0.29, 0.717) is 36.8 Å². The molecular formula is C35H35BrN6O5. The van der Waals surface area contributed by atoms with E-state index in [1.54, 1.807) is 19.2 Å². The molecule has 4 aromatic rings. The average Bonchev–Trinajstić information content (AvgIpc) is 3.49. The number of aliphatic imine (C=N–C) groups is 1. The van der Waals surface area contributed by atoms with Crippen molar-refractivity contribution in [3.63, 3.8) is 0 Å². The zero-order valence-corrected chi connectivity index (χ0v) is 27.4. The molecule has 0 unspecified atom stereocenters. The minimum Gasteiger partial charge on any atom is -0.497 e. The second kappa shape index (κ2) is 16.1. The van der Waals surface area contributed by atoms with Crippen molar-refractivity contribution in [2.45, 2.75) is 37.6 Å². The predicted octanol–water partition coefficient (Wildman–Crippen LogP) is 6.35. The summed E-state index contributed by atoms with van der Waals surface area (Å²) in [6.45, 7) is 0.910. The Labute approximate surface area is 281 Å². The molecule has 0 saturated carbocycles. The lowest BCUT2D eigenvalue weighted by atomic mass is 9.81. The van der Waals surface area contributed by atoms with Gasteiger partial charge in [0.15, 0.2) is 11.6 Å². The van der Waals surface area contributed by atoms with Crippen molar-refractivity contribution in [1.29, 1.82) is 0 Å². The Morgan fingerprint density at radius 1 is 1.02 bits per heavy atom. The largest absolute Gasteiger partial charge is 0.497 e. The zero-order valence-electron chi connectivity index (χ0n) is 25.8. The number of nitrogens with one attached hydrogen (secondary N) is 2. The number of halogens is 1. The second-order valence-electron chi connectivity index (χ2n) is 10.8. The number of hydrazine groups is 1. The van der Waals surface area contributed by atoms with Gasteiger partial charge in [0.1, 0.15) is 11.5 Å². The van der Waals surface area contributed by atoms with Crippen molar-refractivity contribution in [2.24, 2.45) is 10.1 Å². The molecule has 2 atom stereocenters. The van der Waals surface area contributed by atoms with Crippen LogP contribution in [0.15, 0.2) is 112 Å². The van der Waals surface area contributed by atoms with Crippen LogP contribution in [0.3, 0.4) is 0 Å². The Kier molecular flexibility index (Phi) is 11.5. The summed E-state index contributed by atoms with van der Waals surface area (Å²) < 4.78 is 18.4. The van der Waals surface area contributed by atoms with Gasteiger partial charge in [0.05, 0.1) is 20.3 Å². The molecule has 47 heavy (non-hydrogen) atoms. The number of nitrogens with zero attached hydrogens (tertiary/aromatic N) is 4. The minimum absolute atomic E-state index is 0.0459. The quantitative estimate of drug-likeness (QED) is 0.0433. The van der Waals surface area contributed by atoms with Gasteiger partial charge in [-0.2, -0.15) is 0 Å². The van der Waals surface area contributed by atoms with E-state index in [-0.39, 0.29) is 19.6 Å². The fraction of sp³-hybridized carbons (Fsp3) is 0.257. The third-order valence-electron chi connectivity index (χ3n) is 7.75. The highest BCUT2D eigenvalue weighted by Crippen LogP contribution is 2.45. The van der Waals surface area contributed by atoms with E-state index in [1.165, 1.54) is 0 Å². The smallest absolute Gasteiger partial charge is 0.266 e. The molecule has 0 fully saturated rings. The number of hydrogen-bond donors (Lipinski definition) is 3. The molecule has 242 valence electrons. The van der Waals surface area contributed by atoms with Crippen LogP contribution in [0.1, 0.15) is 40.3 Å². The fourth-order valence-corrected chi connectivity index (χ4v) is 5.80. The molecule has 1 heterocycles. The van der Waals surface area contributed by atoms with E-state index >= 15 is 0 Å². The molecular weight excluding hydrogens is 664 g/mol. The summed E-state index contributed by atoms with van der Waals surface area (Å²) in [5.74, 6) is 1.28. The molecule has 0 radical (unpaired) electrons. The fourth-order valence-electron chi connectivity index (χ4n) is 5.31.